The molecule has 1 N–H and O–H groups in total. The number of halogens is 1. The third-order valence-corrected chi connectivity index (χ3v) is 7.94. The summed E-state index contributed by atoms with van der Waals surface area (Å²) in [6.07, 6.45) is 10.2. The number of ether oxygens (including phenoxy) is 1. The number of aliphatic hydroxyl groups excluding tert-OH is 1. The lowest BCUT2D eigenvalue weighted by Crippen LogP contribution is -2.59. The molecule has 0 radical (unpaired) electrons. The van der Waals surface area contributed by atoms with Crippen molar-refractivity contribution >= 4 is 15.9 Å². The van der Waals surface area contributed by atoms with Crippen molar-refractivity contribution in [3.8, 4) is 0 Å². The zero-order valence-corrected chi connectivity index (χ0v) is 16.7. The van der Waals surface area contributed by atoms with E-state index < -0.39 is 6.10 Å². The molecule has 0 aromatic heterocycles. The number of nitrogens with zero attached hydrogens (tertiary/aromatic N) is 1. The van der Waals surface area contributed by atoms with Crippen molar-refractivity contribution in [3.63, 3.8) is 0 Å². The van der Waals surface area contributed by atoms with Crippen LogP contribution in [-0.2, 0) is 4.74 Å². The molecule has 5 aliphatic carbocycles. The number of likely N-dealkylation sites (N-methyl/N-ethyl adjacent to an activating group) is 1. The molecule has 0 amide bonds. The second-order valence-electron chi connectivity index (χ2n) is 8.85. The number of aliphatic hydroxyl groups is 1. The topological polar surface area (TPSA) is 32.7 Å². The van der Waals surface area contributed by atoms with Crippen LogP contribution in [0.4, 0.5) is 0 Å². The first-order chi connectivity index (χ1) is 11.4. The Morgan fingerprint density at radius 1 is 1.21 bits per heavy atom. The quantitative estimate of drug-likeness (QED) is 0.778. The van der Waals surface area contributed by atoms with E-state index in [-0.39, 0.29) is 5.92 Å². The molecule has 2 unspecified atom stereocenters. The molecule has 5 aliphatic rings. The molecule has 134 valence electrons. The van der Waals surface area contributed by atoms with Crippen LogP contribution < -0.4 is 0 Å². The Morgan fingerprint density at radius 2 is 1.75 bits per heavy atom. The van der Waals surface area contributed by atoms with Crippen LogP contribution in [0.3, 0.4) is 0 Å². The highest BCUT2D eigenvalue weighted by atomic mass is 79.9. The van der Waals surface area contributed by atoms with Crippen molar-refractivity contribution in [1.82, 2.24) is 4.90 Å². The Hall–Kier alpha value is -0.320. The van der Waals surface area contributed by atoms with E-state index in [9.17, 15) is 5.11 Å². The maximum atomic E-state index is 10.3. The molecule has 0 heterocycles. The van der Waals surface area contributed by atoms with E-state index in [2.05, 4.69) is 34.0 Å². The van der Waals surface area contributed by atoms with Crippen LogP contribution in [0.25, 0.3) is 0 Å². The van der Waals surface area contributed by atoms with Gasteiger partial charge in [-0.05, 0) is 69.4 Å². The van der Waals surface area contributed by atoms with Gasteiger partial charge in [0.2, 0.25) is 0 Å². The van der Waals surface area contributed by atoms with Crippen molar-refractivity contribution in [2.45, 2.75) is 57.1 Å². The van der Waals surface area contributed by atoms with Gasteiger partial charge >= 0.3 is 0 Å². The van der Waals surface area contributed by atoms with Crippen molar-refractivity contribution in [3.05, 3.63) is 21.9 Å². The average Bonchev–Trinajstić information content (AvgIpc) is 2.52. The lowest BCUT2D eigenvalue weighted by molar-refractivity contribution is -0.0760. The van der Waals surface area contributed by atoms with Crippen LogP contribution in [0.5, 0.6) is 0 Å². The molecule has 0 saturated heterocycles. The summed E-state index contributed by atoms with van der Waals surface area (Å²) < 4.78 is 6.56. The smallest absolute Gasteiger partial charge is 0.106 e. The first kappa shape index (κ1) is 17.1. The minimum Gasteiger partial charge on any atom is -0.500 e. The van der Waals surface area contributed by atoms with Crippen LogP contribution in [0, 0.1) is 23.7 Å². The summed E-state index contributed by atoms with van der Waals surface area (Å²) in [5, 5.41) is 10.3. The molecule has 3 nitrogen and oxygen atoms in total. The van der Waals surface area contributed by atoms with Crippen LogP contribution in [0.15, 0.2) is 21.9 Å². The maximum Gasteiger partial charge on any atom is 0.106 e. The van der Waals surface area contributed by atoms with Crippen molar-refractivity contribution in [2.24, 2.45) is 23.7 Å². The summed E-state index contributed by atoms with van der Waals surface area (Å²) in [6.45, 7) is 2.96. The lowest BCUT2D eigenvalue weighted by Gasteiger charge is -2.60. The van der Waals surface area contributed by atoms with E-state index in [0.717, 1.165) is 34.5 Å². The van der Waals surface area contributed by atoms with Gasteiger partial charge in [-0.2, -0.15) is 0 Å². The maximum absolute atomic E-state index is 10.3. The van der Waals surface area contributed by atoms with Crippen LogP contribution >= 0.6 is 15.9 Å². The van der Waals surface area contributed by atoms with Gasteiger partial charge in [0.05, 0.1) is 13.2 Å². The largest absolute Gasteiger partial charge is 0.500 e. The Morgan fingerprint density at radius 3 is 2.25 bits per heavy atom. The number of rotatable bonds is 4. The molecule has 5 rings (SSSR count). The molecule has 24 heavy (non-hydrogen) atoms. The van der Waals surface area contributed by atoms with Gasteiger partial charge in [0.15, 0.2) is 0 Å². The first-order valence-electron chi connectivity index (χ1n) is 9.45. The zero-order chi connectivity index (χ0) is 17.1. The highest BCUT2D eigenvalue weighted by Crippen LogP contribution is 2.57. The molecular weight excluding hydrogens is 366 g/mol. The fraction of sp³-hybridized carbons (Fsp3) is 0.800. The van der Waals surface area contributed by atoms with Gasteiger partial charge in [-0.25, -0.2) is 0 Å². The fourth-order valence-corrected chi connectivity index (χ4v) is 7.07. The van der Waals surface area contributed by atoms with Crippen LogP contribution in [-0.4, -0.2) is 42.4 Å². The van der Waals surface area contributed by atoms with Crippen LogP contribution in [0.2, 0.25) is 0 Å². The van der Waals surface area contributed by atoms with Gasteiger partial charge in [0, 0.05) is 28.1 Å². The summed E-state index contributed by atoms with van der Waals surface area (Å²) >= 11 is 3.55. The standard InChI is InChI=1S/C20H30BrNO2/c1-12-18(23)17(21)7-16(19(12)24-3)11-22(2)20-8-13-4-14(9-20)6-15(5-13)10-20/h7,12-15,18,23H,4-6,8-11H2,1-3H3. The summed E-state index contributed by atoms with van der Waals surface area (Å²) in [5.41, 5.74) is 1.63. The molecule has 4 heteroatoms. The summed E-state index contributed by atoms with van der Waals surface area (Å²) in [5.74, 6) is 3.84. The molecular formula is C20H30BrNO2. The van der Waals surface area contributed by atoms with Gasteiger partial charge in [-0.3, -0.25) is 4.90 Å². The zero-order valence-electron chi connectivity index (χ0n) is 15.1. The lowest BCUT2D eigenvalue weighted by atomic mass is 9.52. The van der Waals surface area contributed by atoms with Crippen molar-refractivity contribution in [2.75, 3.05) is 20.7 Å². The van der Waals surface area contributed by atoms with Crippen molar-refractivity contribution in [1.29, 1.82) is 0 Å². The Bertz CT molecular complexity index is 547. The molecule has 4 fully saturated rings. The number of methoxy groups -OCH3 is 1. The second-order valence-corrected chi connectivity index (χ2v) is 9.77. The van der Waals surface area contributed by atoms with Gasteiger partial charge in [-0.15, -0.1) is 0 Å². The normalized spacial score (nSPS) is 44.2. The molecule has 0 aromatic rings. The molecule has 0 aromatic carbocycles. The molecule has 0 aliphatic heterocycles. The summed E-state index contributed by atoms with van der Waals surface area (Å²) in [7, 11) is 4.04. The Kier molecular flexibility index (Phi) is 4.38. The van der Waals surface area contributed by atoms with Crippen LogP contribution in [0.1, 0.15) is 45.4 Å². The minimum absolute atomic E-state index is 0.00846. The Labute approximate surface area is 154 Å². The fourth-order valence-electron chi connectivity index (χ4n) is 6.39. The third-order valence-electron chi connectivity index (χ3n) is 7.24. The average molecular weight is 396 g/mol. The van der Waals surface area contributed by atoms with Gasteiger partial charge in [0.1, 0.15) is 5.76 Å². The summed E-state index contributed by atoms with van der Waals surface area (Å²) in [6, 6.07) is 0. The highest BCUT2D eigenvalue weighted by Gasteiger charge is 2.52. The molecule has 0 spiro atoms. The number of hydrogen-bond acceptors (Lipinski definition) is 3. The van der Waals surface area contributed by atoms with Gasteiger partial charge in [-0.1, -0.05) is 22.9 Å². The van der Waals surface area contributed by atoms with Gasteiger partial charge in [0.25, 0.3) is 0 Å². The van der Waals surface area contributed by atoms with E-state index in [4.69, 9.17) is 4.74 Å². The van der Waals surface area contributed by atoms with E-state index in [1.54, 1.807) is 7.11 Å². The van der Waals surface area contributed by atoms with E-state index in [1.165, 1.54) is 44.1 Å². The summed E-state index contributed by atoms with van der Waals surface area (Å²) in [4.78, 5) is 2.62. The van der Waals surface area contributed by atoms with E-state index in [0.29, 0.717) is 5.54 Å². The van der Waals surface area contributed by atoms with Gasteiger partial charge < -0.3 is 9.84 Å². The number of hydrogen-bond donors (Lipinski definition) is 1. The van der Waals surface area contributed by atoms with E-state index >= 15 is 0 Å². The molecule has 2 atom stereocenters. The SMILES string of the molecule is COC1=C(CN(C)C23CC4CC(CC(C4)C2)C3)C=C(Br)C(O)C1C. The Balaban J connectivity index is 1.57. The minimum atomic E-state index is -0.492. The molecule has 4 saturated carbocycles. The predicted octanol–water partition coefficient (Wildman–Crippen LogP) is 4.08. The van der Waals surface area contributed by atoms with Crippen molar-refractivity contribution < 1.29 is 9.84 Å². The first-order valence-corrected chi connectivity index (χ1v) is 10.2. The second kappa shape index (κ2) is 6.14. The predicted molar refractivity (Wildman–Crippen MR) is 99.7 cm³/mol. The highest BCUT2D eigenvalue weighted by molar-refractivity contribution is 9.11. The molecule has 4 bridgehead atoms. The monoisotopic (exact) mass is 395 g/mol. The third kappa shape index (κ3) is 2.69. The van der Waals surface area contributed by atoms with E-state index in [1.807, 2.05) is 6.92 Å².